The van der Waals surface area contributed by atoms with E-state index in [0.29, 0.717) is 0 Å². The van der Waals surface area contributed by atoms with Crippen LogP contribution in [-0.4, -0.2) is 13.6 Å². The van der Waals surface area contributed by atoms with Crippen molar-refractivity contribution in [1.29, 1.82) is 0 Å². The molecule has 82 valence electrons. The van der Waals surface area contributed by atoms with E-state index < -0.39 is 0 Å². The summed E-state index contributed by atoms with van der Waals surface area (Å²) in [4.78, 5) is 2.22. The largest absolute Gasteiger partial charge is 0.371 e. The number of fused-ring (bicyclic) bond motifs is 1. The summed E-state index contributed by atoms with van der Waals surface area (Å²) >= 11 is 0. The van der Waals surface area contributed by atoms with Gasteiger partial charge in [0.1, 0.15) is 0 Å². The van der Waals surface area contributed by atoms with Crippen molar-refractivity contribution < 1.29 is 0 Å². The Morgan fingerprint density at radius 2 is 1.81 bits per heavy atom. The minimum Gasteiger partial charge on any atom is -0.371 e. The molecular formula is C15H17N. The van der Waals surface area contributed by atoms with E-state index in [4.69, 9.17) is 0 Å². The van der Waals surface area contributed by atoms with Crippen LogP contribution in [0.2, 0.25) is 0 Å². The molecule has 0 aliphatic carbocycles. The summed E-state index contributed by atoms with van der Waals surface area (Å²) in [6, 6.07) is 15.0. The number of anilines is 1. The van der Waals surface area contributed by atoms with Crippen LogP contribution in [0.1, 0.15) is 6.92 Å². The van der Waals surface area contributed by atoms with Crippen LogP contribution in [0.15, 0.2) is 54.6 Å². The molecule has 0 aliphatic heterocycles. The minimum atomic E-state index is 0.901. The van der Waals surface area contributed by atoms with Crippen LogP contribution >= 0.6 is 0 Å². The predicted molar refractivity (Wildman–Crippen MR) is 72.0 cm³/mol. The third-order valence-electron chi connectivity index (χ3n) is 2.68. The number of nitrogens with zero attached hydrogens (tertiary/aromatic N) is 1. The van der Waals surface area contributed by atoms with Crippen molar-refractivity contribution in [1.82, 2.24) is 0 Å². The Hall–Kier alpha value is -1.76. The Morgan fingerprint density at radius 1 is 1.12 bits per heavy atom. The molecule has 0 saturated heterocycles. The molecule has 1 heteroatoms. The van der Waals surface area contributed by atoms with Crippen LogP contribution < -0.4 is 4.90 Å². The number of benzene rings is 2. The molecular weight excluding hydrogens is 194 g/mol. The van der Waals surface area contributed by atoms with Gasteiger partial charge in [-0.2, -0.15) is 0 Å². The van der Waals surface area contributed by atoms with E-state index >= 15 is 0 Å². The summed E-state index contributed by atoms with van der Waals surface area (Å²) in [6.45, 7) is 6.90. The molecule has 1 nitrogen and oxygen atoms in total. The Morgan fingerprint density at radius 3 is 2.50 bits per heavy atom. The smallest absolute Gasteiger partial charge is 0.0380 e. The molecule has 0 heterocycles. The molecule has 0 fully saturated rings. The zero-order chi connectivity index (χ0) is 11.5. The van der Waals surface area contributed by atoms with E-state index in [1.807, 2.05) is 0 Å². The van der Waals surface area contributed by atoms with Crippen molar-refractivity contribution >= 4 is 16.5 Å². The second kappa shape index (κ2) is 4.40. The molecule has 0 saturated carbocycles. The molecule has 0 aromatic heterocycles. The summed E-state index contributed by atoms with van der Waals surface area (Å²) in [6.07, 6.45) is 0. The minimum absolute atomic E-state index is 0.901. The number of likely N-dealkylation sites (N-methyl/N-ethyl adjacent to an activating group) is 1. The summed E-state index contributed by atoms with van der Waals surface area (Å²) in [5.41, 5.74) is 2.41. The number of rotatable bonds is 3. The summed E-state index contributed by atoms with van der Waals surface area (Å²) in [5.74, 6) is 0. The second-order valence-corrected chi connectivity index (χ2v) is 4.34. The Balaban J connectivity index is 2.35. The van der Waals surface area contributed by atoms with E-state index in [9.17, 15) is 0 Å². The molecule has 0 unspecified atom stereocenters. The van der Waals surface area contributed by atoms with Crippen molar-refractivity contribution in [3.8, 4) is 0 Å². The van der Waals surface area contributed by atoms with Gasteiger partial charge in [-0.1, -0.05) is 42.5 Å². The predicted octanol–water partition coefficient (Wildman–Crippen LogP) is 3.85. The van der Waals surface area contributed by atoms with E-state index in [0.717, 1.165) is 6.54 Å². The van der Waals surface area contributed by atoms with Crippen molar-refractivity contribution in [2.24, 2.45) is 0 Å². The summed E-state index contributed by atoms with van der Waals surface area (Å²) in [7, 11) is 2.10. The average Bonchev–Trinajstić information content (AvgIpc) is 2.27. The first-order valence-corrected chi connectivity index (χ1v) is 5.51. The van der Waals surface area contributed by atoms with Crippen LogP contribution in [-0.2, 0) is 0 Å². The quantitative estimate of drug-likeness (QED) is 0.697. The lowest BCUT2D eigenvalue weighted by Crippen LogP contribution is -2.18. The SMILES string of the molecule is C=C(C)CN(C)c1ccc2ccccc2c1. The van der Waals surface area contributed by atoms with E-state index in [2.05, 4.69) is 67.9 Å². The topological polar surface area (TPSA) is 3.24 Å². The summed E-state index contributed by atoms with van der Waals surface area (Å²) in [5, 5.41) is 2.57. The van der Waals surface area contributed by atoms with E-state index in [1.165, 1.54) is 22.0 Å². The molecule has 0 radical (unpaired) electrons. The maximum atomic E-state index is 3.94. The molecule has 0 atom stereocenters. The molecule has 0 N–H and O–H groups in total. The average molecular weight is 211 g/mol. The van der Waals surface area contributed by atoms with Gasteiger partial charge in [0.05, 0.1) is 0 Å². The molecule has 2 aromatic rings. The maximum absolute atomic E-state index is 3.94. The second-order valence-electron chi connectivity index (χ2n) is 4.34. The van der Waals surface area contributed by atoms with Crippen LogP contribution in [0, 0.1) is 0 Å². The molecule has 2 rings (SSSR count). The molecule has 0 aliphatic rings. The zero-order valence-corrected chi connectivity index (χ0v) is 9.90. The third-order valence-corrected chi connectivity index (χ3v) is 2.68. The van der Waals surface area contributed by atoms with Gasteiger partial charge in [-0.05, 0) is 29.8 Å². The van der Waals surface area contributed by atoms with Crippen molar-refractivity contribution in [2.75, 3.05) is 18.5 Å². The first-order chi connectivity index (χ1) is 7.66. The maximum Gasteiger partial charge on any atom is 0.0380 e. The van der Waals surface area contributed by atoms with E-state index in [1.54, 1.807) is 0 Å². The van der Waals surface area contributed by atoms with E-state index in [-0.39, 0.29) is 0 Å². The van der Waals surface area contributed by atoms with Gasteiger partial charge in [-0.25, -0.2) is 0 Å². The van der Waals surface area contributed by atoms with Crippen LogP contribution in [0.4, 0.5) is 5.69 Å². The standard InChI is InChI=1S/C15H17N/c1-12(2)11-16(3)15-9-8-13-6-4-5-7-14(13)10-15/h4-10H,1,11H2,2-3H3. The summed E-state index contributed by atoms with van der Waals surface area (Å²) < 4.78 is 0. The lowest BCUT2D eigenvalue weighted by atomic mass is 10.1. The Bertz CT molecular complexity index is 514. The zero-order valence-electron chi connectivity index (χ0n) is 9.90. The Kier molecular flexibility index (Phi) is 2.95. The fraction of sp³-hybridized carbons (Fsp3) is 0.200. The molecule has 0 bridgehead atoms. The lowest BCUT2D eigenvalue weighted by Gasteiger charge is -2.19. The lowest BCUT2D eigenvalue weighted by molar-refractivity contribution is 0.987. The van der Waals surface area contributed by atoms with Gasteiger partial charge < -0.3 is 4.90 Å². The van der Waals surface area contributed by atoms with Crippen LogP contribution in [0.25, 0.3) is 10.8 Å². The first kappa shape index (κ1) is 10.7. The highest BCUT2D eigenvalue weighted by atomic mass is 15.1. The Labute approximate surface area is 97.0 Å². The number of hydrogen-bond acceptors (Lipinski definition) is 1. The molecule has 0 spiro atoms. The fourth-order valence-electron chi connectivity index (χ4n) is 1.91. The van der Waals surface area contributed by atoms with Crippen LogP contribution in [0.3, 0.4) is 0 Å². The van der Waals surface area contributed by atoms with Crippen molar-refractivity contribution in [3.05, 3.63) is 54.6 Å². The highest BCUT2D eigenvalue weighted by molar-refractivity contribution is 5.85. The van der Waals surface area contributed by atoms with Gasteiger partial charge in [0.25, 0.3) is 0 Å². The van der Waals surface area contributed by atoms with Gasteiger partial charge in [0, 0.05) is 19.3 Å². The monoisotopic (exact) mass is 211 g/mol. The third kappa shape index (κ3) is 2.25. The van der Waals surface area contributed by atoms with Gasteiger partial charge in [0.15, 0.2) is 0 Å². The first-order valence-electron chi connectivity index (χ1n) is 5.51. The van der Waals surface area contributed by atoms with Gasteiger partial charge in [-0.15, -0.1) is 0 Å². The van der Waals surface area contributed by atoms with Gasteiger partial charge in [0.2, 0.25) is 0 Å². The normalized spacial score (nSPS) is 10.4. The molecule has 2 aromatic carbocycles. The molecule has 16 heavy (non-hydrogen) atoms. The fourth-order valence-corrected chi connectivity index (χ4v) is 1.91. The highest BCUT2D eigenvalue weighted by Gasteiger charge is 2.01. The van der Waals surface area contributed by atoms with Crippen molar-refractivity contribution in [2.45, 2.75) is 6.92 Å². The number of hydrogen-bond donors (Lipinski definition) is 0. The van der Waals surface area contributed by atoms with Gasteiger partial charge >= 0.3 is 0 Å². The molecule has 0 amide bonds. The van der Waals surface area contributed by atoms with Crippen molar-refractivity contribution in [3.63, 3.8) is 0 Å². The van der Waals surface area contributed by atoms with Crippen LogP contribution in [0.5, 0.6) is 0 Å². The van der Waals surface area contributed by atoms with Gasteiger partial charge in [-0.3, -0.25) is 0 Å². The highest BCUT2D eigenvalue weighted by Crippen LogP contribution is 2.21.